The van der Waals surface area contributed by atoms with Crippen LogP contribution in [0.15, 0.2) is 22.9 Å². The number of H-pyrrole nitrogens is 3. The quantitative estimate of drug-likeness (QED) is 0.222. The average molecular weight is 542 g/mol. The molecule has 10 heteroatoms. The lowest BCUT2D eigenvalue weighted by molar-refractivity contribution is 0.375. The smallest absolute Gasteiger partial charge is 0.223 e. The molecule has 0 amide bonds. The normalized spacial score (nSPS) is 12.0. The highest BCUT2D eigenvalue weighted by atomic mass is 16.5. The van der Waals surface area contributed by atoms with Gasteiger partial charge in [0.25, 0.3) is 0 Å². The maximum atomic E-state index is 4.83. The van der Waals surface area contributed by atoms with Gasteiger partial charge >= 0.3 is 0 Å². The Bertz CT molecular complexity index is 1100. The number of nitrogens with one attached hydrogen (secondary N) is 3. The van der Waals surface area contributed by atoms with E-state index >= 15 is 0 Å². The van der Waals surface area contributed by atoms with Crippen LogP contribution < -0.4 is 0 Å². The van der Waals surface area contributed by atoms with Gasteiger partial charge in [0.05, 0.1) is 5.69 Å². The minimum absolute atomic E-state index is 0.00222. The van der Waals surface area contributed by atoms with Gasteiger partial charge in [0.2, 0.25) is 5.89 Å². The molecule has 0 aromatic carbocycles. The molecule has 0 spiro atoms. The van der Waals surface area contributed by atoms with Crippen LogP contribution in [0.25, 0.3) is 0 Å². The van der Waals surface area contributed by atoms with Crippen molar-refractivity contribution < 1.29 is 4.52 Å². The highest BCUT2D eigenvalue weighted by molar-refractivity contribution is 5.14. The van der Waals surface area contributed by atoms with Crippen molar-refractivity contribution in [2.45, 2.75) is 126 Å². The molecule has 0 bridgehead atoms. The van der Waals surface area contributed by atoms with Crippen LogP contribution in [0.3, 0.4) is 0 Å². The fourth-order valence-electron chi connectivity index (χ4n) is 2.76. The molecule has 0 saturated carbocycles. The Morgan fingerprint density at radius 3 is 1.44 bits per heavy atom. The molecule has 0 aliphatic carbocycles. The van der Waals surface area contributed by atoms with E-state index in [1.54, 1.807) is 13.1 Å². The molecule has 39 heavy (non-hydrogen) atoms. The molecular weight excluding hydrogens is 490 g/mol. The van der Waals surface area contributed by atoms with Gasteiger partial charge in [-0.25, -0.2) is 4.98 Å². The molecule has 3 N–H and O–H groups in total. The maximum absolute atomic E-state index is 4.83. The predicted octanol–water partition coefficient (Wildman–Crippen LogP) is 6.81. The van der Waals surface area contributed by atoms with Crippen molar-refractivity contribution in [3.8, 4) is 0 Å². The first-order valence-electron chi connectivity index (χ1n) is 13.3. The summed E-state index contributed by atoms with van der Waals surface area (Å²) >= 11 is 0. The molecule has 0 aliphatic heterocycles. The highest BCUT2D eigenvalue weighted by Gasteiger charge is 2.20. The van der Waals surface area contributed by atoms with Gasteiger partial charge in [0.15, 0.2) is 11.6 Å². The van der Waals surface area contributed by atoms with E-state index in [4.69, 9.17) is 4.52 Å². The summed E-state index contributed by atoms with van der Waals surface area (Å²) in [6, 6.07) is 4.08. The van der Waals surface area contributed by atoms with E-state index in [0.29, 0.717) is 5.89 Å². The first-order valence-corrected chi connectivity index (χ1v) is 13.3. The SMILES string of the molecule is CC(C)(C)c1ccn[nH]1.Cc1cc(C(C)(C)C)n[nH]1.Cc1nc(C(C)(C)C)n[nH]1.Cc1nc(C(C)(C)C)no1. The topological polar surface area (TPSA) is 138 Å². The lowest BCUT2D eigenvalue weighted by atomic mass is 9.92. The molecule has 4 heterocycles. The van der Waals surface area contributed by atoms with Gasteiger partial charge in [0.1, 0.15) is 5.82 Å². The average Bonchev–Trinajstić information content (AvgIpc) is 3.55. The Balaban J connectivity index is 0.000000260. The first kappa shape index (κ1) is 33.7. The van der Waals surface area contributed by atoms with Crippen LogP contribution in [0.1, 0.15) is 124 Å². The zero-order valence-electron chi connectivity index (χ0n) is 26.8. The van der Waals surface area contributed by atoms with E-state index in [9.17, 15) is 0 Å². The van der Waals surface area contributed by atoms with Crippen LogP contribution in [-0.4, -0.2) is 45.7 Å². The largest absolute Gasteiger partial charge is 0.340 e. The van der Waals surface area contributed by atoms with Gasteiger partial charge in [-0.1, -0.05) is 88.2 Å². The monoisotopic (exact) mass is 541 g/mol. The summed E-state index contributed by atoms with van der Waals surface area (Å²) < 4.78 is 4.83. The van der Waals surface area contributed by atoms with Gasteiger partial charge in [-0.15, -0.1) is 0 Å². The Labute approximate surface area is 234 Å². The maximum Gasteiger partial charge on any atom is 0.223 e. The molecule has 0 aliphatic rings. The summed E-state index contributed by atoms with van der Waals surface area (Å²) in [5.74, 6) is 3.16. The summed E-state index contributed by atoms with van der Waals surface area (Å²) in [4.78, 5) is 8.32. The zero-order valence-corrected chi connectivity index (χ0v) is 26.8. The lowest BCUT2D eigenvalue weighted by Gasteiger charge is -2.14. The van der Waals surface area contributed by atoms with Crippen LogP contribution in [-0.2, 0) is 21.7 Å². The summed E-state index contributed by atoms with van der Waals surface area (Å²) in [6.45, 7) is 31.1. The predicted molar refractivity (Wildman–Crippen MR) is 157 cm³/mol. The van der Waals surface area contributed by atoms with Gasteiger partial charge in [-0.05, 0) is 26.0 Å². The number of aromatic nitrogens is 9. The number of nitrogens with zero attached hydrogens (tertiary/aromatic N) is 6. The third-order valence-corrected chi connectivity index (χ3v) is 5.25. The molecule has 0 unspecified atom stereocenters. The lowest BCUT2D eigenvalue weighted by Crippen LogP contribution is -2.13. The summed E-state index contributed by atoms with van der Waals surface area (Å²) in [5, 5.41) is 24.5. The van der Waals surface area contributed by atoms with Crippen molar-refractivity contribution in [1.29, 1.82) is 0 Å². The second-order valence-electron chi connectivity index (χ2n) is 13.8. The van der Waals surface area contributed by atoms with Crippen molar-refractivity contribution in [2.24, 2.45) is 0 Å². The van der Waals surface area contributed by atoms with Crippen molar-refractivity contribution in [1.82, 2.24) is 45.7 Å². The zero-order chi connectivity index (χ0) is 30.2. The second-order valence-corrected chi connectivity index (χ2v) is 13.8. The fourth-order valence-corrected chi connectivity index (χ4v) is 2.76. The Kier molecular flexibility index (Phi) is 11.4. The second kappa shape index (κ2) is 13.2. The van der Waals surface area contributed by atoms with E-state index in [0.717, 1.165) is 28.9 Å². The molecule has 0 radical (unpaired) electrons. The molecule has 4 rings (SSSR count). The number of hydrogen-bond acceptors (Lipinski definition) is 7. The Morgan fingerprint density at radius 2 is 1.23 bits per heavy atom. The summed E-state index contributed by atoms with van der Waals surface area (Å²) in [5.41, 5.74) is 3.88. The molecule has 218 valence electrons. The number of aromatic amines is 3. The minimum Gasteiger partial charge on any atom is -0.340 e. The van der Waals surface area contributed by atoms with Crippen LogP contribution in [0.2, 0.25) is 0 Å². The van der Waals surface area contributed by atoms with Crippen molar-refractivity contribution in [2.75, 3.05) is 0 Å². The molecular formula is C29H51N9O. The molecule has 10 nitrogen and oxygen atoms in total. The van der Waals surface area contributed by atoms with E-state index in [1.165, 1.54) is 5.69 Å². The van der Waals surface area contributed by atoms with Crippen molar-refractivity contribution >= 4 is 0 Å². The van der Waals surface area contributed by atoms with Gasteiger partial charge in [0, 0.05) is 46.2 Å². The van der Waals surface area contributed by atoms with Gasteiger partial charge < -0.3 is 4.52 Å². The molecule has 0 fully saturated rings. The van der Waals surface area contributed by atoms with Crippen LogP contribution in [0, 0.1) is 20.8 Å². The summed E-state index contributed by atoms with van der Waals surface area (Å²) in [7, 11) is 0. The minimum atomic E-state index is -0.00222. The fraction of sp³-hybridized carbons (Fsp3) is 0.655. The third kappa shape index (κ3) is 12.4. The first-order chi connectivity index (χ1) is 17.6. The number of hydrogen-bond donors (Lipinski definition) is 3. The molecule has 0 atom stereocenters. The molecule has 4 aromatic heterocycles. The van der Waals surface area contributed by atoms with Crippen LogP contribution >= 0.6 is 0 Å². The van der Waals surface area contributed by atoms with Crippen molar-refractivity contribution in [3.05, 3.63) is 58.8 Å². The number of aryl methyl sites for hydroxylation is 3. The number of rotatable bonds is 0. The van der Waals surface area contributed by atoms with Gasteiger partial charge in [-0.3, -0.25) is 15.3 Å². The van der Waals surface area contributed by atoms with Crippen LogP contribution in [0.4, 0.5) is 0 Å². The van der Waals surface area contributed by atoms with Gasteiger partial charge in [-0.2, -0.15) is 20.3 Å². The Hall–Kier alpha value is -3.30. The van der Waals surface area contributed by atoms with E-state index in [1.807, 2.05) is 19.9 Å². The van der Waals surface area contributed by atoms with E-state index in [2.05, 4.69) is 135 Å². The van der Waals surface area contributed by atoms with E-state index < -0.39 is 0 Å². The standard InChI is InChI=1S/C8H14N2.C7H13N3.C7H12N2O.C7H12N2/c1-6-5-7(10-9-6)8(2,3)4;1-5-8-6(10-9-5)7(2,3)4;1-5-8-6(9-10-5)7(2,3)4;1-7(2,3)6-4-5-8-9-6/h5H,1-4H3,(H,9,10);1-4H3,(H,8,9,10);1-4H3;4-5H,1-3H3,(H,8,9). The van der Waals surface area contributed by atoms with Crippen molar-refractivity contribution in [3.63, 3.8) is 0 Å². The van der Waals surface area contributed by atoms with Crippen LogP contribution in [0.5, 0.6) is 0 Å². The third-order valence-electron chi connectivity index (χ3n) is 5.25. The molecule has 0 saturated heterocycles. The highest BCUT2D eigenvalue weighted by Crippen LogP contribution is 2.20. The molecule has 4 aromatic rings. The summed E-state index contributed by atoms with van der Waals surface area (Å²) in [6.07, 6.45) is 1.78. The Morgan fingerprint density at radius 1 is 0.641 bits per heavy atom. The van der Waals surface area contributed by atoms with E-state index in [-0.39, 0.29) is 21.7 Å².